The summed E-state index contributed by atoms with van der Waals surface area (Å²) >= 11 is 0. The lowest BCUT2D eigenvalue weighted by molar-refractivity contribution is 0.0904. The van der Waals surface area contributed by atoms with Gasteiger partial charge in [0.1, 0.15) is 0 Å². The zero-order valence-electron chi connectivity index (χ0n) is 13.5. The predicted molar refractivity (Wildman–Crippen MR) is 87.5 cm³/mol. The molecule has 22 heavy (non-hydrogen) atoms. The van der Waals surface area contributed by atoms with Gasteiger partial charge in [0, 0.05) is 44.4 Å². The maximum atomic E-state index is 5.95. The van der Waals surface area contributed by atoms with Crippen molar-refractivity contribution in [2.75, 3.05) is 13.2 Å². The number of aryl methyl sites for hydroxylation is 2. The second kappa shape index (κ2) is 7.07. The van der Waals surface area contributed by atoms with Crippen molar-refractivity contribution in [3.8, 4) is 0 Å². The fourth-order valence-corrected chi connectivity index (χ4v) is 3.28. The first-order valence-corrected chi connectivity index (χ1v) is 8.16. The van der Waals surface area contributed by atoms with Gasteiger partial charge in [-0.3, -0.25) is 4.68 Å². The smallest absolute Gasteiger partial charge is 0.0866 e. The lowest BCUT2D eigenvalue weighted by atomic mass is 9.95. The molecular formula is C18H25N3O. The minimum absolute atomic E-state index is 0.230. The molecule has 4 nitrogen and oxygen atoms in total. The molecule has 0 bridgehead atoms. The van der Waals surface area contributed by atoms with Crippen molar-refractivity contribution < 1.29 is 4.74 Å². The number of hydrogen-bond donors (Lipinski definition) is 1. The molecule has 1 N–H and O–H groups in total. The summed E-state index contributed by atoms with van der Waals surface area (Å²) in [6, 6.07) is 10.6. The molecule has 0 unspecified atom stereocenters. The van der Waals surface area contributed by atoms with E-state index < -0.39 is 0 Å². The van der Waals surface area contributed by atoms with Crippen LogP contribution in [0, 0.1) is 5.92 Å². The molecule has 3 rings (SSSR count). The highest BCUT2D eigenvalue weighted by molar-refractivity contribution is 5.19. The Kier molecular flexibility index (Phi) is 4.90. The fraction of sp³-hybridized carbons (Fsp3) is 0.500. The van der Waals surface area contributed by atoms with Crippen molar-refractivity contribution in [2.45, 2.75) is 32.4 Å². The number of hydrogen-bond acceptors (Lipinski definition) is 3. The minimum atomic E-state index is 0.230. The van der Waals surface area contributed by atoms with Gasteiger partial charge in [-0.05, 0) is 18.4 Å². The molecule has 2 aromatic rings. The molecule has 1 saturated heterocycles. The second-order valence-corrected chi connectivity index (χ2v) is 6.01. The van der Waals surface area contributed by atoms with Gasteiger partial charge < -0.3 is 10.1 Å². The third-order valence-corrected chi connectivity index (χ3v) is 4.39. The third kappa shape index (κ3) is 3.39. The summed E-state index contributed by atoms with van der Waals surface area (Å²) in [5.41, 5.74) is 3.79. The summed E-state index contributed by atoms with van der Waals surface area (Å²) < 4.78 is 7.85. The van der Waals surface area contributed by atoms with Crippen LogP contribution in [0.1, 0.15) is 36.3 Å². The maximum absolute atomic E-state index is 5.95. The molecule has 2 heterocycles. The molecular weight excluding hydrogens is 274 g/mol. The highest BCUT2D eigenvalue weighted by atomic mass is 16.5. The van der Waals surface area contributed by atoms with E-state index in [1.807, 2.05) is 11.7 Å². The molecule has 0 spiro atoms. The van der Waals surface area contributed by atoms with E-state index in [4.69, 9.17) is 4.74 Å². The quantitative estimate of drug-likeness (QED) is 0.891. The molecule has 1 aromatic heterocycles. The molecule has 0 radical (unpaired) electrons. The Hall–Kier alpha value is -1.65. The predicted octanol–water partition coefficient (Wildman–Crippen LogP) is 2.85. The van der Waals surface area contributed by atoms with Crippen LogP contribution < -0.4 is 5.32 Å². The Morgan fingerprint density at radius 3 is 2.91 bits per heavy atom. The van der Waals surface area contributed by atoms with Gasteiger partial charge in [-0.1, -0.05) is 37.3 Å². The second-order valence-electron chi connectivity index (χ2n) is 6.01. The average molecular weight is 299 g/mol. The lowest BCUT2D eigenvalue weighted by Crippen LogP contribution is -2.24. The van der Waals surface area contributed by atoms with Crippen LogP contribution in [0.3, 0.4) is 0 Å². The summed E-state index contributed by atoms with van der Waals surface area (Å²) in [6.07, 6.45) is 4.45. The number of ether oxygens (including phenoxy) is 1. The lowest BCUT2D eigenvalue weighted by Gasteiger charge is -2.19. The van der Waals surface area contributed by atoms with E-state index in [9.17, 15) is 0 Å². The van der Waals surface area contributed by atoms with E-state index >= 15 is 0 Å². The molecule has 4 heteroatoms. The van der Waals surface area contributed by atoms with Crippen LogP contribution in [-0.4, -0.2) is 22.9 Å². The number of benzene rings is 1. The zero-order valence-corrected chi connectivity index (χ0v) is 13.5. The monoisotopic (exact) mass is 299 g/mol. The van der Waals surface area contributed by atoms with Gasteiger partial charge in [0.2, 0.25) is 0 Å². The summed E-state index contributed by atoms with van der Waals surface area (Å²) in [5, 5.41) is 8.09. The Labute approximate surface area is 132 Å². The molecule has 0 amide bonds. The van der Waals surface area contributed by atoms with Crippen LogP contribution in [0.15, 0.2) is 36.5 Å². The molecule has 1 aromatic carbocycles. The Balaban J connectivity index is 1.57. The van der Waals surface area contributed by atoms with Crippen LogP contribution in [-0.2, 0) is 24.8 Å². The van der Waals surface area contributed by atoms with Gasteiger partial charge in [0.15, 0.2) is 0 Å². The average Bonchev–Trinajstić information content (AvgIpc) is 3.14. The van der Waals surface area contributed by atoms with Crippen molar-refractivity contribution in [3.05, 3.63) is 53.3 Å². The normalized spacial score (nSPS) is 21.4. The third-order valence-electron chi connectivity index (χ3n) is 4.39. The molecule has 0 saturated carbocycles. The van der Waals surface area contributed by atoms with E-state index in [1.54, 1.807) is 0 Å². The van der Waals surface area contributed by atoms with Crippen LogP contribution in [0.4, 0.5) is 0 Å². The molecule has 118 valence electrons. The number of rotatable bonds is 6. The molecule has 1 aliphatic rings. The molecule has 1 aliphatic heterocycles. The molecule has 1 fully saturated rings. The first-order valence-electron chi connectivity index (χ1n) is 8.16. The van der Waals surface area contributed by atoms with E-state index in [-0.39, 0.29) is 6.10 Å². The number of nitrogens with one attached hydrogen (secondary N) is 1. The topological polar surface area (TPSA) is 39.1 Å². The van der Waals surface area contributed by atoms with Crippen molar-refractivity contribution >= 4 is 0 Å². The first-order chi connectivity index (χ1) is 10.8. The first kappa shape index (κ1) is 15.3. The zero-order chi connectivity index (χ0) is 15.4. The Bertz CT molecular complexity index is 594. The van der Waals surface area contributed by atoms with E-state index in [1.165, 1.54) is 16.8 Å². The number of aromatic nitrogens is 2. The Morgan fingerprint density at radius 2 is 2.14 bits per heavy atom. The van der Waals surface area contributed by atoms with Gasteiger partial charge in [-0.2, -0.15) is 5.10 Å². The van der Waals surface area contributed by atoms with Crippen LogP contribution in [0.2, 0.25) is 0 Å². The van der Waals surface area contributed by atoms with Crippen molar-refractivity contribution in [3.63, 3.8) is 0 Å². The van der Waals surface area contributed by atoms with Gasteiger partial charge in [0.25, 0.3) is 0 Å². The van der Waals surface area contributed by atoms with Gasteiger partial charge in [-0.15, -0.1) is 0 Å². The standard InChI is InChI=1S/C18H25N3O/c1-3-17-16(13-21(2)20-17)12-19-11-15-9-10-22-18(15)14-7-5-4-6-8-14/h4-8,13,15,18-19H,3,9-12H2,1-2H3/t15-,18-/m1/s1. The number of nitrogens with zero attached hydrogens (tertiary/aromatic N) is 2. The fourth-order valence-electron chi connectivity index (χ4n) is 3.28. The summed E-state index contributed by atoms with van der Waals surface area (Å²) in [5.74, 6) is 0.546. The summed E-state index contributed by atoms with van der Waals surface area (Å²) in [7, 11) is 1.99. The van der Waals surface area contributed by atoms with Gasteiger partial charge in [0.05, 0.1) is 11.8 Å². The molecule has 0 aliphatic carbocycles. The van der Waals surface area contributed by atoms with Gasteiger partial charge >= 0.3 is 0 Å². The highest BCUT2D eigenvalue weighted by Gasteiger charge is 2.29. The van der Waals surface area contributed by atoms with Crippen molar-refractivity contribution in [2.24, 2.45) is 13.0 Å². The largest absolute Gasteiger partial charge is 0.373 e. The van der Waals surface area contributed by atoms with Crippen LogP contribution in [0.25, 0.3) is 0 Å². The SMILES string of the molecule is CCc1nn(C)cc1CNC[C@H]1CCO[C@@H]1c1ccccc1. The molecule has 2 atom stereocenters. The van der Waals surface area contributed by atoms with Crippen molar-refractivity contribution in [1.29, 1.82) is 0 Å². The van der Waals surface area contributed by atoms with E-state index in [0.717, 1.165) is 32.5 Å². The Morgan fingerprint density at radius 1 is 1.32 bits per heavy atom. The van der Waals surface area contributed by atoms with Crippen LogP contribution in [0.5, 0.6) is 0 Å². The summed E-state index contributed by atoms with van der Waals surface area (Å²) in [4.78, 5) is 0. The van der Waals surface area contributed by atoms with E-state index in [0.29, 0.717) is 5.92 Å². The maximum Gasteiger partial charge on any atom is 0.0866 e. The minimum Gasteiger partial charge on any atom is -0.373 e. The summed E-state index contributed by atoms with van der Waals surface area (Å²) in [6.45, 7) is 4.88. The van der Waals surface area contributed by atoms with Crippen LogP contribution >= 0.6 is 0 Å². The van der Waals surface area contributed by atoms with E-state index in [2.05, 4.69) is 53.9 Å². The highest BCUT2D eigenvalue weighted by Crippen LogP contribution is 2.33. The van der Waals surface area contributed by atoms with Crippen molar-refractivity contribution in [1.82, 2.24) is 15.1 Å². The van der Waals surface area contributed by atoms with Gasteiger partial charge in [-0.25, -0.2) is 0 Å².